The van der Waals surface area contributed by atoms with Crippen LogP contribution < -0.4 is 5.32 Å². The number of rotatable bonds is 4. The van der Waals surface area contributed by atoms with Crippen molar-refractivity contribution in [2.24, 2.45) is 0 Å². The van der Waals surface area contributed by atoms with Crippen LogP contribution in [0.4, 0.5) is 5.69 Å². The van der Waals surface area contributed by atoms with Crippen LogP contribution in [0, 0.1) is 6.92 Å². The van der Waals surface area contributed by atoms with E-state index >= 15 is 0 Å². The van der Waals surface area contributed by atoms with Gasteiger partial charge in [0.1, 0.15) is 6.33 Å². The summed E-state index contributed by atoms with van der Waals surface area (Å²) in [7, 11) is 0. The molecule has 0 unspecified atom stereocenters. The average molecular weight is 321 g/mol. The first-order valence-corrected chi connectivity index (χ1v) is 7.80. The molecule has 0 saturated heterocycles. The van der Waals surface area contributed by atoms with Crippen molar-refractivity contribution in [3.63, 3.8) is 0 Å². The Kier molecular flexibility index (Phi) is 4.37. The lowest BCUT2D eigenvalue weighted by Crippen LogP contribution is -2.15. The Morgan fingerprint density at radius 2 is 1.88 bits per heavy atom. The molecule has 0 bridgehead atoms. The zero-order valence-corrected chi connectivity index (χ0v) is 13.9. The molecule has 3 aromatic rings. The van der Waals surface area contributed by atoms with Crippen molar-refractivity contribution in [1.29, 1.82) is 0 Å². The van der Waals surface area contributed by atoms with E-state index in [2.05, 4.69) is 34.7 Å². The third kappa shape index (κ3) is 3.17. The number of aromatic nitrogens is 4. The number of hydrogen-bond acceptors (Lipinski definition) is 4. The van der Waals surface area contributed by atoms with Gasteiger partial charge in [-0.2, -0.15) is 0 Å². The lowest BCUT2D eigenvalue weighted by molar-refractivity contribution is 0.102. The molecule has 0 spiro atoms. The Morgan fingerprint density at radius 1 is 1.12 bits per heavy atom. The van der Waals surface area contributed by atoms with Gasteiger partial charge >= 0.3 is 0 Å². The summed E-state index contributed by atoms with van der Waals surface area (Å²) in [4.78, 5) is 12.6. The molecule has 0 aliphatic carbocycles. The maximum absolute atomic E-state index is 12.6. The van der Waals surface area contributed by atoms with Gasteiger partial charge < -0.3 is 5.32 Å². The van der Waals surface area contributed by atoms with Crippen molar-refractivity contribution in [3.05, 3.63) is 65.5 Å². The molecule has 6 nitrogen and oxygen atoms in total. The highest BCUT2D eigenvalue weighted by molar-refractivity contribution is 6.05. The number of aryl methyl sites for hydroxylation is 1. The van der Waals surface area contributed by atoms with Crippen molar-refractivity contribution >= 4 is 11.6 Å². The summed E-state index contributed by atoms with van der Waals surface area (Å²) in [6.45, 7) is 6.24. The van der Waals surface area contributed by atoms with Crippen LogP contribution in [0.5, 0.6) is 0 Å². The number of benzene rings is 2. The van der Waals surface area contributed by atoms with E-state index in [1.165, 1.54) is 6.33 Å². The molecule has 0 radical (unpaired) electrons. The van der Waals surface area contributed by atoms with Gasteiger partial charge in [-0.15, -0.1) is 5.10 Å². The quantitative estimate of drug-likeness (QED) is 0.800. The molecule has 0 saturated carbocycles. The number of para-hydroxylation sites is 1. The Labute approximate surface area is 140 Å². The summed E-state index contributed by atoms with van der Waals surface area (Å²) < 4.78 is 1.54. The third-order valence-corrected chi connectivity index (χ3v) is 3.91. The normalized spacial score (nSPS) is 10.8. The van der Waals surface area contributed by atoms with Crippen molar-refractivity contribution in [2.75, 3.05) is 5.32 Å². The number of carbonyl (C=O) groups is 1. The number of nitrogens with zero attached hydrogens (tertiary/aromatic N) is 4. The highest BCUT2D eigenvalue weighted by atomic mass is 16.1. The van der Waals surface area contributed by atoms with Gasteiger partial charge in [-0.3, -0.25) is 4.79 Å². The van der Waals surface area contributed by atoms with Crippen molar-refractivity contribution in [1.82, 2.24) is 20.2 Å². The molecular weight excluding hydrogens is 302 g/mol. The van der Waals surface area contributed by atoms with Crippen LogP contribution in [0.2, 0.25) is 0 Å². The molecule has 0 aliphatic heterocycles. The van der Waals surface area contributed by atoms with Gasteiger partial charge in [0.15, 0.2) is 0 Å². The standard InChI is InChI=1S/C18H19N5O/c1-12(2)16-6-4-5-13(3)17(16)20-18(24)14-7-9-15(10-8-14)23-11-19-21-22-23/h4-12H,1-3H3,(H,20,24). The van der Waals surface area contributed by atoms with Crippen molar-refractivity contribution in [2.45, 2.75) is 26.7 Å². The van der Waals surface area contributed by atoms with Crippen LogP contribution in [0.25, 0.3) is 5.69 Å². The van der Waals surface area contributed by atoms with E-state index in [0.717, 1.165) is 22.5 Å². The van der Waals surface area contributed by atoms with Crippen LogP contribution in [0.15, 0.2) is 48.8 Å². The van der Waals surface area contributed by atoms with Gasteiger partial charge in [0, 0.05) is 11.3 Å². The van der Waals surface area contributed by atoms with Gasteiger partial charge in [0.25, 0.3) is 5.91 Å². The van der Waals surface area contributed by atoms with E-state index < -0.39 is 0 Å². The topological polar surface area (TPSA) is 72.7 Å². The lowest BCUT2D eigenvalue weighted by Gasteiger charge is -2.16. The largest absolute Gasteiger partial charge is 0.321 e. The van der Waals surface area contributed by atoms with E-state index in [9.17, 15) is 4.79 Å². The van der Waals surface area contributed by atoms with E-state index in [-0.39, 0.29) is 5.91 Å². The summed E-state index contributed by atoms with van der Waals surface area (Å²) in [5.41, 5.74) is 4.47. The first kappa shape index (κ1) is 15.9. The number of carbonyl (C=O) groups excluding carboxylic acids is 1. The molecule has 1 aromatic heterocycles. The Hall–Kier alpha value is -3.02. The van der Waals surface area contributed by atoms with E-state index in [1.54, 1.807) is 16.8 Å². The summed E-state index contributed by atoms with van der Waals surface area (Å²) >= 11 is 0. The molecule has 2 aromatic carbocycles. The van der Waals surface area contributed by atoms with Crippen LogP contribution in [0.3, 0.4) is 0 Å². The van der Waals surface area contributed by atoms with Gasteiger partial charge in [-0.25, -0.2) is 4.68 Å². The highest BCUT2D eigenvalue weighted by Gasteiger charge is 2.13. The minimum absolute atomic E-state index is 0.130. The van der Waals surface area contributed by atoms with Gasteiger partial charge in [0.2, 0.25) is 0 Å². The van der Waals surface area contributed by atoms with Crippen LogP contribution in [-0.2, 0) is 0 Å². The second-order valence-corrected chi connectivity index (χ2v) is 5.95. The van der Waals surface area contributed by atoms with E-state index in [4.69, 9.17) is 0 Å². The van der Waals surface area contributed by atoms with Gasteiger partial charge in [0.05, 0.1) is 5.69 Å². The maximum Gasteiger partial charge on any atom is 0.255 e. The van der Waals surface area contributed by atoms with Gasteiger partial charge in [-0.05, 0) is 58.7 Å². The summed E-state index contributed by atoms with van der Waals surface area (Å²) in [6.07, 6.45) is 1.51. The van der Waals surface area contributed by atoms with Crippen molar-refractivity contribution < 1.29 is 4.79 Å². The smallest absolute Gasteiger partial charge is 0.255 e. The Morgan fingerprint density at radius 3 is 2.50 bits per heavy atom. The molecule has 0 aliphatic rings. The van der Waals surface area contributed by atoms with Crippen molar-refractivity contribution in [3.8, 4) is 5.69 Å². The predicted octanol–water partition coefficient (Wildman–Crippen LogP) is 3.35. The van der Waals surface area contributed by atoms with E-state index in [0.29, 0.717) is 11.5 Å². The summed E-state index contributed by atoms with van der Waals surface area (Å²) in [5, 5.41) is 14.1. The fourth-order valence-electron chi connectivity index (χ4n) is 2.57. The average Bonchev–Trinajstić information content (AvgIpc) is 3.11. The Bertz CT molecular complexity index is 838. The molecule has 6 heteroatoms. The first-order valence-electron chi connectivity index (χ1n) is 7.80. The fourth-order valence-corrected chi connectivity index (χ4v) is 2.57. The second kappa shape index (κ2) is 6.62. The molecule has 122 valence electrons. The zero-order chi connectivity index (χ0) is 17.1. The second-order valence-electron chi connectivity index (χ2n) is 5.95. The third-order valence-electron chi connectivity index (χ3n) is 3.91. The molecule has 1 heterocycles. The van der Waals surface area contributed by atoms with Gasteiger partial charge in [-0.1, -0.05) is 32.0 Å². The minimum Gasteiger partial charge on any atom is -0.321 e. The first-order chi connectivity index (χ1) is 11.6. The fraction of sp³-hybridized carbons (Fsp3) is 0.222. The summed E-state index contributed by atoms with van der Waals surface area (Å²) in [6, 6.07) is 13.2. The molecule has 0 atom stereocenters. The number of hydrogen-bond donors (Lipinski definition) is 1. The monoisotopic (exact) mass is 321 g/mol. The molecule has 1 amide bonds. The lowest BCUT2D eigenvalue weighted by atomic mass is 9.98. The highest BCUT2D eigenvalue weighted by Crippen LogP contribution is 2.27. The predicted molar refractivity (Wildman–Crippen MR) is 92.4 cm³/mol. The maximum atomic E-state index is 12.6. The van der Waals surface area contributed by atoms with Crippen LogP contribution in [0.1, 0.15) is 41.3 Å². The zero-order valence-electron chi connectivity index (χ0n) is 13.9. The number of amides is 1. The van der Waals surface area contributed by atoms with Crippen LogP contribution in [-0.4, -0.2) is 26.1 Å². The molecule has 1 N–H and O–H groups in total. The number of anilines is 1. The summed E-state index contributed by atoms with van der Waals surface area (Å²) in [5.74, 6) is 0.205. The minimum atomic E-state index is -0.130. The number of nitrogens with one attached hydrogen (secondary N) is 1. The van der Waals surface area contributed by atoms with E-state index in [1.807, 2.05) is 37.3 Å². The van der Waals surface area contributed by atoms with Crippen LogP contribution >= 0.6 is 0 Å². The SMILES string of the molecule is Cc1cccc(C(C)C)c1NC(=O)c1ccc(-n2cnnn2)cc1. The molecule has 0 fully saturated rings. The molecule has 24 heavy (non-hydrogen) atoms. The molecular formula is C18H19N5O. The number of tetrazole rings is 1. The molecule has 3 rings (SSSR count). The Balaban J connectivity index is 1.83.